The van der Waals surface area contributed by atoms with E-state index in [2.05, 4.69) is 5.32 Å². The largest absolute Gasteiger partial charge is 0.494 e. The molecule has 0 fully saturated rings. The van der Waals surface area contributed by atoms with Gasteiger partial charge in [0.15, 0.2) is 0 Å². The number of anilines is 1. The van der Waals surface area contributed by atoms with Crippen molar-refractivity contribution in [2.75, 3.05) is 37.7 Å². The first-order valence-electron chi connectivity index (χ1n) is 8.65. The third-order valence-corrected chi connectivity index (χ3v) is 5.79. The molecule has 0 atom stereocenters. The standard InChI is InChI=1S/C19H23ClN2O5S/c1-3-27-17-8-6-16(7-9-17)22(14-19(23)21-12-13-26-2)28(24,25)18-10-4-15(20)5-11-18/h4-11H,3,12-14H2,1-2H3,(H,21,23). The molecule has 7 nitrogen and oxygen atoms in total. The minimum atomic E-state index is -3.98. The van der Waals surface area contributed by atoms with Crippen LogP contribution in [0.1, 0.15) is 6.92 Å². The molecule has 9 heteroatoms. The number of halogens is 1. The van der Waals surface area contributed by atoms with Gasteiger partial charge in [-0.05, 0) is 55.5 Å². The zero-order valence-corrected chi connectivity index (χ0v) is 17.3. The van der Waals surface area contributed by atoms with E-state index in [0.29, 0.717) is 29.7 Å². The van der Waals surface area contributed by atoms with Gasteiger partial charge in [-0.1, -0.05) is 11.6 Å². The predicted octanol–water partition coefficient (Wildman–Crippen LogP) is 2.70. The molecule has 0 aliphatic heterocycles. The van der Waals surface area contributed by atoms with Crippen molar-refractivity contribution in [3.05, 3.63) is 53.6 Å². The topological polar surface area (TPSA) is 84.9 Å². The quantitative estimate of drug-likeness (QED) is 0.590. The number of nitrogens with one attached hydrogen (secondary N) is 1. The Kier molecular flexibility index (Phi) is 8.10. The van der Waals surface area contributed by atoms with Gasteiger partial charge in [0.1, 0.15) is 12.3 Å². The van der Waals surface area contributed by atoms with Crippen LogP contribution >= 0.6 is 11.6 Å². The van der Waals surface area contributed by atoms with Gasteiger partial charge < -0.3 is 14.8 Å². The van der Waals surface area contributed by atoms with Crippen molar-refractivity contribution in [2.45, 2.75) is 11.8 Å². The summed E-state index contributed by atoms with van der Waals surface area (Å²) in [7, 11) is -2.46. The molecule has 152 valence electrons. The van der Waals surface area contributed by atoms with Crippen LogP contribution in [0.15, 0.2) is 53.4 Å². The van der Waals surface area contributed by atoms with Crippen molar-refractivity contribution in [3.63, 3.8) is 0 Å². The van der Waals surface area contributed by atoms with E-state index in [1.807, 2.05) is 6.92 Å². The van der Waals surface area contributed by atoms with Crippen LogP contribution in [0.3, 0.4) is 0 Å². The first kappa shape index (κ1) is 22.0. The van der Waals surface area contributed by atoms with Gasteiger partial charge in [0, 0.05) is 18.7 Å². The van der Waals surface area contributed by atoms with Crippen LogP contribution in [0.2, 0.25) is 5.02 Å². The first-order valence-corrected chi connectivity index (χ1v) is 10.5. The maximum Gasteiger partial charge on any atom is 0.264 e. The lowest BCUT2D eigenvalue weighted by Crippen LogP contribution is -2.41. The fraction of sp³-hybridized carbons (Fsp3) is 0.316. The molecule has 28 heavy (non-hydrogen) atoms. The van der Waals surface area contributed by atoms with E-state index in [4.69, 9.17) is 21.1 Å². The highest BCUT2D eigenvalue weighted by Crippen LogP contribution is 2.26. The molecule has 2 aromatic carbocycles. The zero-order chi connectivity index (χ0) is 20.6. The van der Waals surface area contributed by atoms with Gasteiger partial charge >= 0.3 is 0 Å². The molecule has 0 aliphatic rings. The molecule has 0 saturated carbocycles. The molecule has 0 aromatic heterocycles. The van der Waals surface area contributed by atoms with E-state index in [9.17, 15) is 13.2 Å². The normalized spacial score (nSPS) is 11.1. The Morgan fingerprint density at radius 3 is 2.32 bits per heavy atom. The molecule has 0 unspecified atom stereocenters. The third kappa shape index (κ3) is 5.85. The van der Waals surface area contributed by atoms with Crippen LogP contribution in [0.4, 0.5) is 5.69 Å². The summed E-state index contributed by atoms with van der Waals surface area (Å²) in [5.74, 6) is 0.170. The fourth-order valence-corrected chi connectivity index (χ4v) is 3.95. The summed E-state index contributed by atoms with van der Waals surface area (Å²) in [6.45, 7) is 2.60. The second-order valence-corrected chi connectivity index (χ2v) is 8.03. The van der Waals surface area contributed by atoms with Crippen LogP contribution in [0, 0.1) is 0 Å². The van der Waals surface area contributed by atoms with Gasteiger partial charge in [-0.15, -0.1) is 0 Å². The SMILES string of the molecule is CCOc1ccc(N(CC(=O)NCCOC)S(=O)(=O)c2ccc(Cl)cc2)cc1. The third-order valence-electron chi connectivity index (χ3n) is 3.75. The number of nitrogens with zero attached hydrogens (tertiary/aromatic N) is 1. The van der Waals surface area contributed by atoms with E-state index in [1.54, 1.807) is 24.3 Å². The van der Waals surface area contributed by atoms with E-state index in [-0.39, 0.29) is 18.0 Å². The van der Waals surface area contributed by atoms with Crippen molar-refractivity contribution in [3.8, 4) is 5.75 Å². The molecule has 0 radical (unpaired) electrons. The zero-order valence-electron chi connectivity index (χ0n) is 15.7. The Hall–Kier alpha value is -2.29. The van der Waals surface area contributed by atoms with Gasteiger partial charge in [0.2, 0.25) is 5.91 Å². The van der Waals surface area contributed by atoms with Gasteiger partial charge in [-0.3, -0.25) is 9.10 Å². The van der Waals surface area contributed by atoms with Crippen molar-refractivity contribution in [2.24, 2.45) is 0 Å². The molecule has 0 saturated heterocycles. The lowest BCUT2D eigenvalue weighted by Gasteiger charge is -2.24. The monoisotopic (exact) mass is 426 g/mol. The highest BCUT2D eigenvalue weighted by Gasteiger charge is 2.27. The summed E-state index contributed by atoms with van der Waals surface area (Å²) in [4.78, 5) is 12.3. The summed E-state index contributed by atoms with van der Waals surface area (Å²) in [6.07, 6.45) is 0. The fourth-order valence-electron chi connectivity index (χ4n) is 2.40. The molecule has 2 aromatic rings. The lowest BCUT2D eigenvalue weighted by atomic mass is 10.3. The average molecular weight is 427 g/mol. The van der Waals surface area contributed by atoms with E-state index in [1.165, 1.54) is 31.4 Å². The first-order chi connectivity index (χ1) is 13.4. The summed E-state index contributed by atoms with van der Waals surface area (Å²) < 4.78 is 37.7. The number of benzene rings is 2. The van der Waals surface area contributed by atoms with Gasteiger partial charge in [0.25, 0.3) is 10.0 Å². The average Bonchev–Trinajstić information content (AvgIpc) is 2.67. The molecular formula is C19H23ClN2O5S. The lowest BCUT2D eigenvalue weighted by molar-refractivity contribution is -0.119. The Morgan fingerprint density at radius 1 is 1.11 bits per heavy atom. The van der Waals surface area contributed by atoms with E-state index >= 15 is 0 Å². The summed E-state index contributed by atoms with van der Waals surface area (Å²) >= 11 is 5.86. The summed E-state index contributed by atoms with van der Waals surface area (Å²) in [5, 5.41) is 3.05. The van der Waals surface area contributed by atoms with Crippen LogP contribution in [0.5, 0.6) is 5.75 Å². The highest BCUT2D eigenvalue weighted by molar-refractivity contribution is 7.92. The number of carbonyl (C=O) groups excluding carboxylic acids is 1. The smallest absolute Gasteiger partial charge is 0.264 e. The number of amides is 1. The number of hydrogen-bond donors (Lipinski definition) is 1. The molecule has 2 rings (SSSR count). The number of ether oxygens (including phenoxy) is 2. The number of carbonyl (C=O) groups is 1. The molecule has 0 bridgehead atoms. The number of rotatable bonds is 10. The summed E-state index contributed by atoms with van der Waals surface area (Å²) in [5.41, 5.74) is 0.347. The second kappa shape index (κ2) is 10.3. The van der Waals surface area contributed by atoms with Crippen LogP contribution < -0.4 is 14.4 Å². The molecule has 0 spiro atoms. The second-order valence-electron chi connectivity index (χ2n) is 5.74. The molecule has 0 heterocycles. The van der Waals surface area contributed by atoms with E-state index < -0.39 is 15.9 Å². The number of hydrogen-bond acceptors (Lipinski definition) is 5. The minimum absolute atomic E-state index is 0.0375. The van der Waals surface area contributed by atoms with Crippen molar-refractivity contribution in [1.29, 1.82) is 0 Å². The maximum absolute atomic E-state index is 13.2. The molecule has 1 amide bonds. The van der Waals surface area contributed by atoms with Gasteiger partial charge in [0.05, 0.1) is 23.8 Å². The molecular weight excluding hydrogens is 404 g/mol. The Balaban J connectivity index is 2.34. The Bertz CT molecular complexity index is 870. The van der Waals surface area contributed by atoms with Crippen LogP contribution in [-0.2, 0) is 19.6 Å². The predicted molar refractivity (Wildman–Crippen MR) is 108 cm³/mol. The Morgan fingerprint density at radius 2 is 1.75 bits per heavy atom. The van der Waals surface area contributed by atoms with Crippen molar-refractivity contribution < 1.29 is 22.7 Å². The van der Waals surface area contributed by atoms with Crippen LogP contribution in [-0.4, -0.2) is 47.7 Å². The summed E-state index contributed by atoms with van der Waals surface area (Å²) in [6, 6.07) is 12.3. The van der Waals surface area contributed by atoms with Crippen molar-refractivity contribution >= 4 is 33.2 Å². The van der Waals surface area contributed by atoms with Crippen LogP contribution in [0.25, 0.3) is 0 Å². The highest BCUT2D eigenvalue weighted by atomic mass is 35.5. The minimum Gasteiger partial charge on any atom is -0.494 e. The molecule has 0 aliphatic carbocycles. The Labute approximate surface area is 170 Å². The molecule has 1 N–H and O–H groups in total. The number of methoxy groups -OCH3 is 1. The van der Waals surface area contributed by atoms with E-state index in [0.717, 1.165) is 4.31 Å². The van der Waals surface area contributed by atoms with Crippen molar-refractivity contribution in [1.82, 2.24) is 5.32 Å². The maximum atomic E-state index is 13.2. The van der Waals surface area contributed by atoms with Gasteiger partial charge in [-0.2, -0.15) is 0 Å². The number of sulfonamides is 1. The van der Waals surface area contributed by atoms with Gasteiger partial charge in [-0.25, -0.2) is 8.42 Å².